The van der Waals surface area contributed by atoms with Gasteiger partial charge in [-0.3, -0.25) is 4.79 Å². The number of rotatable bonds is 4. The summed E-state index contributed by atoms with van der Waals surface area (Å²) in [6.07, 6.45) is 3.11. The van der Waals surface area contributed by atoms with Gasteiger partial charge in [0.1, 0.15) is 6.04 Å². The standard InChI is InChI=1S/C15H17F2N5O/c16-12(17)9-19-14(23)11-5-1-2-7-22(11)15-20-8-10-4-3-6-18-13(10)21-15/h3-4,6,8,11-12H,1-2,5,7,9H2,(H,19,23)/t11-/m0/s1. The molecule has 122 valence electrons. The van der Waals surface area contributed by atoms with Crippen LogP contribution in [0.25, 0.3) is 11.0 Å². The first-order chi connectivity index (χ1) is 11.1. The largest absolute Gasteiger partial charge is 0.349 e. The first-order valence-electron chi connectivity index (χ1n) is 7.55. The van der Waals surface area contributed by atoms with Gasteiger partial charge in [0.15, 0.2) is 5.65 Å². The van der Waals surface area contributed by atoms with E-state index in [1.807, 2.05) is 6.07 Å². The fourth-order valence-electron chi connectivity index (χ4n) is 2.73. The molecule has 2 aromatic rings. The quantitative estimate of drug-likeness (QED) is 0.929. The van der Waals surface area contributed by atoms with E-state index in [-0.39, 0.29) is 0 Å². The Kier molecular flexibility index (Phi) is 4.59. The van der Waals surface area contributed by atoms with Crippen LogP contribution in [0.2, 0.25) is 0 Å². The molecule has 3 heterocycles. The second-order valence-electron chi connectivity index (χ2n) is 5.43. The second-order valence-corrected chi connectivity index (χ2v) is 5.43. The molecule has 2 aromatic heterocycles. The first kappa shape index (κ1) is 15.5. The summed E-state index contributed by atoms with van der Waals surface area (Å²) in [5.74, 6) is 0.00261. The molecule has 1 amide bonds. The molecule has 1 fully saturated rings. The van der Waals surface area contributed by atoms with Gasteiger partial charge in [-0.25, -0.2) is 18.7 Å². The maximum Gasteiger partial charge on any atom is 0.255 e. The average molecular weight is 321 g/mol. The second kappa shape index (κ2) is 6.80. The third-order valence-corrected chi connectivity index (χ3v) is 3.83. The van der Waals surface area contributed by atoms with Crippen molar-refractivity contribution in [1.82, 2.24) is 20.3 Å². The summed E-state index contributed by atoms with van der Waals surface area (Å²) in [6, 6.07) is 3.13. The van der Waals surface area contributed by atoms with Crippen molar-refractivity contribution in [2.24, 2.45) is 0 Å². The first-order valence-corrected chi connectivity index (χ1v) is 7.55. The van der Waals surface area contributed by atoms with Gasteiger partial charge >= 0.3 is 0 Å². The number of nitrogens with one attached hydrogen (secondary N) is 1. The SMILES string of the molecule is O=C(NCC(F)F)[C@@H]1CCCCN1c1ncc2cccnc2n1. The number of alkyl halides is 2. The number of hydrogen-bond donors (Lipinski definition) is 1. The minimum absolute atomic E-state index is 0.408. The topological polar surface area (TPSA) is 71.0 Å². The molecular weight excluding hydrogens is 304 g/mol. The predicted octanol–water partition coefficient (Wildman–Crippen LogP) is 1.76. The number of fused-ring (bicyclic) bond motifs is 1. The Balaban J connectivity index is 1.83. The van der Waals surface area contributed by atoms with Gasteiger partial charge in [-0.05, 0) is 31.4 Å². The molecule has 0 unspecified atom stereocenters. The van der Waals surface area contributed by atoms with Gasteiger partial charge < -0.3 is 10.2 Å². The number of piperidine rings is 1. The summed E-state index contributed by atoms with van der Waals surface area (Å²) in [5, 5.41) is 3.10. The number of halogens is 2. The highest BCUT2D eigenvalue weighted by atomic mass is 19.3. The highest BCUT2D eigenvalue weighted by Crippen LogP contribution is 2.23. The molecule has 1 saturated heterocycles. The third kappa shape index (κ3) is 3.52. The fraction of sp³-hybridized carbons (Fsp3) is 0.467. The van der Waals surface area contributed by atoms with Gasteiger partial charge in [0.2, 0.25) is 11.9 Å². The molecule has 1 N–H and O–H groups in total. The lowest BCUT2D eigenvalue weighted by Crippen LogP contribution is -2.51. The Morgan fingerprint density at radius 3 is 3.09 bits per heavy atom. The van der Waals surface area contributed by atoms with Crippen LogP contribution in [0.4, 0.5) is 14.7 Å². The lowest BCUT2D eigenvalue weighted by Gasteiger charge is -2.34. The van der Waals surface area contributed by atoms with Crippen LogP contribution in [0.15, 0.2) is 24.5 Å². The van der Waals surface area contributed by atoms with Crippen molar-refractivity contribution in [3.05, 3.63) is 24.5 Å². The Morgan fingerprint density at radius 2 is 2.26 bits per heavy atom. The molecule has 6 nitrogen and oxygen atoms in total. The highest BCUT2D eigenvalue weighted by molar-refractivity contribution is 5.85. The molecule has 0 saturated carbocycles. The highest BCUT2D eigenvalue weighted by Gasteiger charge is 2.30. The van der Waals surface area contributed by atoms with Crippen molar-refractivity contribution in [3.63, 3.8) is 0 Å². The number of amides is 1. The van der Waals surface area contributed by atoms with Crippen LogP contribution in [0.1, 0.15) is 19.3 Å². The zero-order valence-corrected chi connectivity index (χ0v) is 12.5. The molecule has 0 radical (unpaired) electrons. The third-order valence-electron chi connectivity index (χ3n) is 3.83. The lowest BCUT2D eigenvalue weighted by molar-refractivity contribution is -0.123. The summed E-state index contributed by atoms with van der Waals surface area (Å²) in [4.78, 5) is 26.9. The zero-order valence-electron chi connectivity index (χ0n) is 12.5. The molecule has 3 rings (SSSR count). The normalized spacial score (nSPS) is 18.4. The van der Waals surface area contributed by atoms with Crippen molar-refractivity contribution in [2.45, 2.75) is 31.7 Å². The molecule has 0 aliphatic carbocycles. The van der Waals surface area contributed by atoms with Crippen molar-refractivity contribution >= 4 is 22.9 Å². The maximum atomic E-state index is 12.3. The molecule has 1 atom stereocenters. The van der Waals surface area contributed by atoms with E-state index in [1.165, 1.54) is 0 Å². The van der Waals surface area contributed by atoms with Crippen LogP contribution in [-0.2, 0) is 4.79 Å². The van der Waals surface area contributed by atoms with Gasteiger partial charge in [0.05, 0.1) is 6.54 Å². The van der Waals surface area contributed by atoms with Gasteiger partial charge in [-0.2, -0.15) is 4.98 Å². The summed E-state index contributed by atoms with van der Waals surface area (Å²) in [5.41, 5.74) is 0.551. The van der Waals surface area contributed by atoms with Crippen molar-refractivity contribution in [2.75, 3.05) is 18.0 Å². The predicted molar refractivity (Wildman–Crippen MR) is 81.3 cm³/mol. The minimum atomic E-state index is -2.56. The molecule has 0 spiro atoms. The molecule has 0 bridgehead atoms. The molecule has 8 heteroatoms. The van der Waals surface area contributed by atoms with Crippen LogP contribution in [-0.4, -0.2) is 46.4 Å². The van der Waals surface area contributed by atoms with Crippen LogP contribution < -0.4 is 10.2 Å². The van der Waals surface area contributed by atoms with E-state index >= 15 is 0 Å². The van der Waals surface area contributed by atoms with Crippen LogP contribution in [0.5, 0.6) is 0 Å². The molecule has 23 heavy (non-hydrogen) atoms. The Hall–Kier alpha value is -2.38. The van der Waals surface area contributed by atoms with E-state index in [4.69, 9.17) is 0 Å². The van der Waals surface area contributed by atoms with E-state index in [1.54, 1.807) is 23.4 Å². The Labute approximate surface area is 131 Å². The number of anilines is 1. The zero-order chi connectivity index (χ0) is 16.2. The number of carbonyl (C=O) groups is 1. The van der Waals surface area contributed by atoms with Gasteiger partial charge in [0, 0.05) is 24.3 Å². The van der Waals surface area contributed by atoms with E-state index < -0.39 is 24.9 Å². The molecule has 1 aliphatic rings. The van der Waals surface area contributed by atoms with Gasteiger partial charge in [0.25, 0.3) is 6.43 Å². The maximum absolute atomic E-state index is 12.3. The smallest absolute Gasteiger partial charge is 0.255 e. The van der Waals surface area contributed by atoms with Crippen LogP contribution in [0.3, 0.4) is 0 Å². The van der Waals surface area contributed by atoms with E-state index in [0.717, 1.165) is 18.2 Å². The minimum Gasteiger partial charge on any atom is -0.349 e. The molecule has 0 aromatic carbocycles. The lowest BCUT2D eigenvalue weighted by atomic mass is 10.0. The van der Waals surface area contributed by atoms with Gasteiger partial charge in [-0.15, -0.1) is 0 Å². The summed E-state index contributed by atoms with van der Waals surface area (Å²) in [7, 11) is 0. The number of aromatic nitrogens is 3. The Bertz CT molecular complexity index is 696. The molecular formula is C15H17F2N5O. The van der Waals surface area contributed by atoms with Gasteiger partial charge in [-0.1, -0.05) is 0 Å². The summed E-state index contributed by atoms with van der Waals surface area (Å²) in [6.45, 7) is -0.0194. The van der Waals surface area contributed by atoms with Crippen LogP contribution >= 0.6 is 0 Å². The average Bonchev–Trinajstić information content (AvgIpc) is 2.59. The Morgan fingerprint density at radius 1 is 1.39 bits per heavy atom. The van der Waals surface area contributed by atoms with Crippen molar-refractivity contribution in [3.8, 4) is 0 Å². The fourth-order valence-corrected chi connectivity index (χ4v) is 2.73. The number of nitrogens with zero attached hydrogens (tertiary/aromatic N) is 4. The summed E-state index contributed by atoms with van der Waals surface area (Å²) < 4.78 is 24.6. The number of pyridine rings is 1. The van der Waals surface area contributed by atoms with E-state index in [0.29, 0.717) is 24.6 Å². The number of carbonyl (C=O) groups excluding carboxylic acids is 1. The van der Waals surface area contributed by atoms with Crippen molar-refractivity contribution < 1.29 is 13.6 Å². The number of hydrogen-bond acceptors (Lipinski definition) is 5. The van der Waals surface area contributed by atoms with Crippen LogP contribution in [0, 0.1) is 0 Å². The van der Waals surface area contributed by atoms with E-state index in [2.05, 4.69) is 20.3 Å². The van der Waals surface area contributed by atoms with Crippen molar-refractivity contribution in [1.29, 1.82) is 0 Å². The molecule has 1 aliphatic heterocycles. The summed E-state index contributed by atoms with van der Waals surface area (Å²) >= 11 is 0. The van der Waals surface area contributed by atoms with E-state index in [9.17, 15) is 13.6 Å². The monoisotopic (exact) mass is 321 g/mol.